The predicted molar refractivity (Wildman–Crippen MR) is 67.9 cm³/mol. The highest BCUT2D eigenvalue weighted by Crippen LogP contribution is 2.18. The molecule has 1 amide bonds. The summed E-state index contributed by atoms with van der Waals surface area (Å²) in [6.07, 6.45) is 0.675. The lowest BCUT2D eigenvalue weighted by atomic mass is 10.3. The van der Waals surface area contributed by atoms with Crippen LogP contribution in [0.15, 0.2) is 4.52 Å². The molecule has 2 heterocycles. The zero-order valence-electron chi connectivity index (χ0n) is 10.8. The quantitative estimate of drug-likeness (QED) is 0.892. The van der Waals surface area contributed by atoms with Gasteiger partial charge in [0.15, 0.2) is 11.5 Å². The molecule has 0 aliphatic carbocycles. The highest BCUT2D eigenvalue weighted by atomic mass is 35.5. The van der Waals surface area contributed by atoms with Crippen molar-refractivity contribution in [3.05, 3.63) is 28.1 Å². The topological polar surface area (TPSA) is 96.7 Å². The van der Waals surface area contributed by atoms with Gasteiger partial charge in [-0.15, -0.1) is 0 Å². The van der Waals surface area contributed by atoms with Gasteiger partial charge in [0, 0.05) is 6.42 Å². The summed E-state index contributed by atoms with van der Waals surface area (Å²) in [6, 6.07) is -0.409. The normalized spacial score (nSPS) is 12.4. The molecular weight excluding hydrogens is 270 g/mol. The molecule has 2 aromatic heterocycles. The average Bonchev–Trinajstić information content (AvgIpc) is 2.98. The molecule has 2 aromatic rings. The molecule has 0 unspecified atom stereocenters. The molecule has 0 fully saturated rings. The number of amides is 1. The summed E-state index contributed by atoms with van der Waals surface area (Å²) < 4.78 is 5.05. The summed E-state index contributed by atoms with van der Waals surface area (Å²) >= 11 is 5.95. The molecule has 0 aliphatic rings. The van der Waals surface area contributed by atoms with E-state index in [1.807, 2.05) is 6.92 Å². The Hall–Kier alpha value is -1.89. The fourth-order valence-corrected chi connectivity index (χ4v) is 1.65. The van der Waals surface area contributed by atoms with E-state index in [1.54, 1.807) is 13.8 Å². The minimum absolute atomic E-state index is 0.154. The van der Waals surface area contributed by atoms with Crippen LogP contribution in [0.1, 0.15) is 47.8 Å². The third-order valence-electron chi connectivity index (χ3n) is 2.61. The first kappa shape index (κ1) is 13.5. The number of nitrogens with one attached hydrogen (secondary N) is 2. The Morgan fingerprint density at radius 2 is 2.32 bits per heavy atom. The minimum atomic E-state index is -0.409. The molecular formula is C11H14ClN5O2. The first-order valence-corrected chi connectivity index (χ1v) is 6.24. The average molecular weight is 284 g/mol. The van der Waals surface area contributed by atoms with Gasteiger partial charge in [0.1, 0.15) is 6.04 Å². The van der Waals surface area contributed by atoms with Crippen LogP contribution in [0, 0.1) is 6.92 Å². The zero-order valence-corrected chi connectivity index (χ0v) is 11.6. The fraction of sp³-hybridized carbons (Fsp3) is 0.455. The van der Waals surface area contributed by atoms with E-state index in [0.717, 1.165) is 0 Å². The molecule has 0 saturated carbocycles. The number of hydrogen-bond donors (Lipinski definition) is 2. The molecule has 2 N–H and O–H groups in total. The van der Waals surface area contributed by atoms with Crippen LogP contribution in [0.25, 0.3) is 0 Å². The lowest BCUT2D eigenvalue weighted by molar-refractivity contribution is 0.0927. The standard InChI is InChI=1S/C11H14ClN5O2/c1-4-7-14-11(19-17-7)6(3)13-10(18)9-8(12)5(2)15-16-9/h6H,4H2,1-3H3,(H,13,18)(H,15,16)/t6-/m0/s1. The maximum absolute atomic E-state index is 12.0. The van der Waals surface area contributed by atoms with Crippen molar-refractivity contribution in [1.29, 1.82) is 0 Å². The first-order valence-electron chi connectivity index (χ1n) is 5.86. The number of aromatic nitrogens is 4. The highest BCUT2D eigenvalue weighted by molar-refractivity contribution is 6.34. The van der Waals surface area contributed by atoms with Crippen molar-refractivity contribution in [2.24, 2.45) is 0 Å². The monoisotopic (exact) mass is 283 g/mol. The first-order chi connectivity index (χ1) is 9.02. The zero-order chi connectivity index (χ0) is 14.0. The molecule has 8 heteroatoms. The van der Waals surface area contributed by atoms with Crippen LogP contribution in [-0.2, 0) is 6.42 Å². The Balaban J connectivity index is 2.08. The van der Waals surface area contributed by atoms with Crippen molar-refractivity contribution in [2.45, 2.75) is 33.2 Å². The minimum Gasteiger partial charge on any atom is -0.339 e. The number of rotatable bonds is 4. The number of nitrogens with zero attached hydrogens (tertiary/aromatic N) is 3. The lowest BCUT2D eigenvalue weighted by Crippen LogP contribution is -2.27. The number of halogens is 1. The molecule has 0 bridgehead atoms. The van der Waals surface area contributed by atoms with Crippen LogP contribution < -0.4 is 5.32 Å². The number of aromatic amines is 1. The van der Waals surface area contributed by atoms with Crippen LogP contribution >= 0.6 is 11.6 Å². The van der Waals surface area contributed by atoms with Crippen molar-refractivity contribution in [2.75, 3.05) is 0 Å². The van der Waals surface area contributed by atoms with E-state index < -0.39 is 11.9 Å². The molecule has 1 atom stereocenters. The summed E-state index contributed by atoms with van der Waals surface area (Å²) in [7, 11) is 0. The van der Waals surface area contributed by atoms with Gasteiger partial charge < -0.3 is 9.84 Å². The molecule has 0 spiro atoms. The fourth-order valence-electron chi connectivity index (χ4n) is 1.48. The van der Waals surface area contributed by atoms with Gasteiger partial charge in [-0.25, -0.2) is 0 Å². The second kappa shape index (κ2) is 5.40. The van der Waals surface area contributed by atoms with Gasteiger partial charge in [0.2, 0.25) is 5.89 Å². The third-order valence-corrected chi connectivity index (χ3v) is 3.07. The van der Waals surface area contributed by atoms with Crippen molar-refractivity contribution >= 4 is 17.5 Å². The second-order valence-corrected chi connectivity index (χ2v) is 4.49. The van der Waals surface area contributed by atoms with Crippen molar-refractivity contribution in [3.8, 4) is 0 Å². The predicted octanol–water partition coefficient (Wildman–Crippen LogP) is 1.81. The maximum atomic E-state index is 12.0. The molecule has 0 saturated heterocycles. The number of aryl methyl sites for hydroxylation is 2. The van der Waals surface area contributed by atoms with E-state index in [1.165, 1.54) is 0 Å². The molecule has 0 radical (unpaired) electrons. The van der Waals surface area contributed by atoms with Crippen molar-refractivity contribution < 1.29 is 9.32 Å². The van der Waals surface area contributed by atoms with Crippen molar-refractivity contribution in [1.82, 2.24) is 25.7 Å². The lowest BCUT2D eigenvalue weighted by Gasteiger charge is -2.08. The molecule has 7 nitrogen and oxygen atoms in total. The molecule has 102 valence electrons. The molecule has 19 heavy (non-hydrogen) atoms. The van der Waals surface area contributed by atoms with Gasteiger partial charge >= 0.3 is 0 Å². The Morgan fingerprint density at radius 3 is 2.84 bits per heavy atom. The van der Waals surface area contributed by atoms with E-state index in [0.29, 0.717) is 28.9 Å². The maximum Gasteiger partial charge on any atom is 0.273 e. The van der Waals surface area contributed by atoms with E-state index in [-0.39, 0.29) is 5.69 Å². The SMILES string of the molecule is CCc1noc([C@H](C)NC(=O)c2n[nH]c(C)c2Cl)n1. The Labute approximate surface area is 114 Å². The van der Waals surface area contributed by atoms with Crippen LogP contribution in [0.5, 0.6) is 0 Å². The van der Waals surface area contributed by atoms with E-state index in [4.69, 9.17) is 16.1 Å². The highest BCUT2D eigenvalue weighted by Gasteiger charge is 2.21. The number of carbonyl (C=O) groups excluding carboxylic acids is 1. The number of carbonyl (C=O) groups is 1. The number of H-pyrrole nitrogens is 1. The Bertz CT molecular complexity index is 592. The third kappa shape index (κ3) is 2.76. The summed E-state index contributed by atoms with van der Waals surface area (Å²) in [5.74, 6) is 0.566. The van der Waals surface area contributed by atoms with Crippen LogP contribution in [0.2, 0.25) is 5.02 Å². The summed E-state index contributed by atoms with van der Waals surface area (Å²) in [6.45, 7) is 5.41. The van der Waals surface area contributed by atoms with E-state index in [9.17, 15) is 4.79 Å². The molecule has 2 rings (SSSR count). The van der Waals surface area contributed by atoms with Crippen molar-refractivity contribution in [3.63, 3.8) is 0 Å². The Morgan fingerprint density at radius 1 is 1.58 bits per heavy atom. The van der Waals surface area contributed by atoms with Gasteiger partial charge in [0.25, 0.3) is 5.91 Å². The van der Waals surface area contributed by atoms with Crippen LogP contribution in [0.4, 0.5) is 0 Å². The number of hydrogen-bond acceptors (Lipinski definition) is 5. The summed E-state index contributed by atoms with van der Waals surface area (Å²) in [4.78, 5) is 16.1. The smallest absolute Gasteiger partial charge is 0.273 e. The second-order valence-electron chi connectivity index (χ2n) is 4.11. The van der Waals surface area contributed by atoms with E-state index in [2.05, 4.69) is 25.7 Å². The van der Waals surface area contributed by atoms with Gasteiger partial charge in [-0.1, -0.05) is 23.7 Å². The van der Waals surface area contributed by atoms with Crippen LogP contribution in [-0.4, -0.2) is 26.2 Å². The molecule has 0 aliphatic heterocycles. The van der Waals surface area contributed by atoms with Gasteiger partial charge in [-0.05, 0) is 13.8 Å². The van der Waals surface area contributed by atoms with Gasteiger partial charge in [-0.3, -0.25) is 9.89 Å². The summed E-state index contributed by atoms with van der Waals surface area (Å²) in [5.41, 5.74) is 0.798. The largest absolute Gasteiger partial charge is 0.339 e. The Kier molecular flexibility index (Phi) is 3.84. The summed E-state index contributed by atoms with van der Waals surface area (Å²) in [5, 5.41) is 13.3. The van der Waals surface area contributed by atoms with Gasteiger partial charge in [0.05, 0.1) is 10.7 Å². The van der Waals surface area contributed by atoms with Crippen LogP contribution in [0.3, 0.4) is 0 Å². The molecule has 0 aromatic carbocycles. The van der Waals surface area contributed by atoms with Gasteiger partial charge in [-0.2, -0.15) is 10.1 Å². The van der Waals surface area contributed by atoms with E-state index >= 15 is 0 Å².